The zero-order valence-corrected chi connectivity index (χ0v) is 19.6. The van der Waals surface area contributed by atoms with E-state index in [0.29, 0.717) is 42.2 Å². The smallest absolute Gasteiger partial charge is 0.353 e. The van der Waals surface area contributed by atoms with Crippen LogP contribution in [-0.2, 0) is 16.1 Å². The van der Waals surface area contributed by atoms with E-state index in [1.54, 1.807) is 12.1 Å². The molecule has 14 nitrogen and oxygen atoms in total. The van der Waals surface area contributed by atoms with E-state index in [0.717, 1.165) is 0 Å². The van der Waals surface area contributed by atoms with Crippen molar-refractivity contribution in [1.29, 1.82) is 0 Å². The van der Waals surface area contributed by atoms with Crippen LogP contribution in [-0.4, -0.2) is 67.2 Å². The molecule has 1 fully saturated rings. The molecule has 4 N–H and O–H groups in total. The number of benzene rings is 1. The lowest BCUT2D eigenvalue weighted by atomic mass is 10.1. The summed E-state index contributed by atoms with van der Waals surface area (Å²) in [6.07, 6.45) is 2.23. The summed E-state index contributed by atoms with van der Waals surface area (Å²) in [6, 6.07) is 2.59. The highest BCUT2D eigenvalue weighted by molar-refractivity contribution is 5.90. The highest BCUT2D eigenvalue weighted by Gasteiger charge is 2.37. The van der Waals surface area contributed by atoms with Gasteiger partial charge in [-0.1, -0.05) is 0 Å². The number of rotatable bonds is 11. The molecule has 0 spiro atoms. The lowest BCUT2D eigenvalue weighted by Crippen LogP contribution is -2.46. The Morgan fingerprint density at radius 2 is 1.89 bits per heavy atom. The largest absolute Gasteiger partial charge is 0.496 e. The van der Waals surface area contributed by atoms with Crippen LogP contribution in [0.4, 0.5) is 17.3 Å². The summed E-state index contributed by atoms with van der Waals surface area (Å²) >= 11 is 0. The molecule has 2 heterocycles. The van der Waals surface area contributed by atoms with Crippen LogP contribution in [0, 0.1) is 10.1 Å². The molecule has 1 unspecified atom stereocenters. The number of hydrogen-bond donors (Lipinski definition) is 3. The van der Waals surface area contributed by atoms with Crippen molar-refractivity contribution >= 4 is 29.1 Å². The van der Waals surface area contributed by atoms with Gasteiger partial charge in [-0.2, -0.15) is 0 Å². The zero-order valence-electron chi connectivity index (χ0n) is 19.6. The number of carbonyl (C=O) groups excluding carboxylic acids is 2. The van der Waals surface area contributed by atoms with Gasteiger partial charge in [-0.3, -0.25) is 19.7 Å². The highest BCUT2D eigenvalue weighted by atomic mass is 16.6. The SMILES string of the molecule is COc1cc(OC)c(CNc2ncnc(N3CCCC3C(=O)NCC(N)=O)c2[N+](=O)[O-])c(OC)c1. The van der Waals surface area contributed by atoms with Crippen LogP contribution < -0.4 is 35.5 Å². The van der Waals surface area contributed by atoms with Crippen LogP contribution in [0.15, 0.2) is 18.5 Å². The number of nitro groups is 1. The topological polar surface area (TPSA) is 184 Å². The molecule has 0 bridgehead atoms. The molecule has 1 atom stereocenters. The summed E-state index contributed by atoms with van der Waals surface area (Å²) in [5, 5.41) is 17.5. The molecule has 1 aromatic carbocycles. The quantitative estimate of drug-likeness (QED) is 0.296. The Labute approximate surface area is 200 Å². The van der Waals surface area contributed by atoms with E-state index in [4.69, 9.17) is 19.9 Å². The van der Waals surface area contributed by atoms with E-state index in [-0.39, 0.29) is 30.4 Å². The van der Waals surface area contributed by atoms with Gasteiger partial charge >= 0.3 is 5.69 Å². The van der Waals surface area contributed by atoms with Crippen molar-refractivity contribution in [3.8, 4) is 17.2 Å². The third kappa shape index (κ3) is 5.59. The minimum atomic E-state index is -0.738. The maximum absolute atomic E-state index is 12.6. The van der Waals surface area contributed by atoms with Gasteiger partial charge in [0.05, 0.1) is 38.4 Å². The minimum absolute atomic E-state index is 0.00196. The molecule has 2 aromatic rings. The number of carbonyl (C=O) groups is 2. The predicted molar refractivity (Wildman–Crippen MR) is 125 cm³/mol. The second-order valence-corrected chi connectivity index (χ2v) is 7.55. The number of ether oxygens (including phenoxy) is 3. The second-order valence-electron chi connectivity index (χ2n) is 7.55. The van der Waals surface area contributed by atoms with Crippen LogP contribution >= 0.6 is 0 Å². The summed E-state index contributed by atoms with van der Waals surface area (Å²) in [4.78, 5) is 44.8. The molecule has 3 rings (SSSR count). The Hall–Kier alpha value is -4.36. The molecular formula is C21H27N7O7. The van der Waals surface area contributed by atoms with Gasteiger partial charge in [-0.15, -0.1) is 0 Å². The van der Waals surface area contributed by atoms with E-state index < -0.39 is 22.8 Å². The Bertz CT molecular complexity index is 1090. The fraction of sp³-hybridized carbons (Fsp3) is 0.429. The van der Waals surface area contributed by atoms with Gasteiger partial charge in [0.1, 0.15) is 29.6 Å². The van der Waals surface area contributed by atoms with Crippen molar-refractivity contribution in [2.45, 2.75) is 25.4 Å². The van der Waals surface area contributed by atoms with Gasteiger partial charge < -0.3 is 35.5 Å². The van der Waals surface area contributed by atoms with Crippen molar-refractivity contribution in [2.24, 2.45) is 5.73 Å². The highest BCUT2D eigenvalue weighted by Crippen LogP contribution is 2.38. The number of nitrogens with one attached hydrogen (secondary N) is 2. The lowest BCUT2D eigenvalue weighted by Gasteiger charge is -2.24. The number of anilines is 2. The fourth-order valence-electron chi connectivity index (χ4n) is 3.89. The Morgan fingerprint density at radius 1 is 1.20 bits per heavy atom. The standard InChI is InChI=1S/C21H27N7O7/c1-33-12-7-15(34-2)13(16(8-12)35-3)9-23-19-18(28(31)32)20(26-11-25-19)27-6-4-5-14(27)21(30)24-10-17(22)29/h7-8,11,14H,4-6,9-10H2,1-3H3,(H2,22,29)(H,24,30)(H,23,25,26). The first-order chi connectivity index (χ1) is 16.8. The van der Waals surface area contributed by atoms with Crippen LogP contribution in [0.2, 0.25) is 0 Å². The Morgan fingerprint density at radius 3 is 2.46 bits per heavy atom. The molecule has 1 saturated heterocycles. The van der Waals surface area contributed by atoms with Crippen molar-refractivity contribution in [1.82, 2.24) is 15.3 Å². The molecule has 2 amide bonds. The first-order valence-electron chi connectivity index (χ1n) is 10.7. The van der Waals surface area contributed by atoms with Crippen molar-refractivity contribution in [3.63, 3.8) is 0 Å². The minimum Gasteiger partial charge on any atom is -0.496 e. The molecular weight excluding hydrogens is 462 g/mol. The van der Waals surface area contributed by atoms with Crippen LogP contribution in [0.1, 0.15) is 18.4 Å². The third-order valence-electron chi connectivity index (χ3n) is 5.50. The van der Waals surface area contributed by atoms with Crippen LogP contribution in [0.5, 0.6) is 17.2 Å². The van der Waals surface area contributed by atoms with E-state index in [1.165, 1.54) is 32.6 Å². The molecule has 35 heavy (non-hydrogen) atoms. The van der Waals surface area contributed by atoms with Crippen molar-refractivity contribution in [3.05, 3.63) is 34.1 Å². The van der Waals surface area contributed by atoms with Crippen LogP contribution in [0.25, 0.3) is 0 Å². The molecule has 1 aromatic heterocycles. The summed E-state index contributed by atoms with van der Waals surface area (Å²) in [6.45, 7) is 0.121. The number of aromatic nitrogens is 2. The van der Waals surface area contributed by atoms with Gasteiger partial charge in [-0.05, 0) is 12.8 Å². The van der Waals surface area contributed by atoms with E-state index in [1.807, 2.05) is 0 Å². The van der Waals surface area contributed by atoms with E-state index in [9.17, 15) is 19.7 Å². The van der Waals surface area contributed by atoms with Gasteiger partial charge in [0.25, 0.3) is 0 Å². The normalized spacial score (nSPS) is 14.8. The summed E-state index contributed by atoms with van der Waals surface area (Å²) in [5.74, 6) is 0.240. The molecule has 0 radical (unpaired) electrons. The molecule has 14 heteroatoms. The van der Waals surface area contributed by atoms with Crippen LogP contribution in [0.3, 0.4) is 0 Å². The van der Waals surface area contributed by atoms with Gasteiger partial charge in [-0.25, -0.2) is 9.97 Å². The van der Waals surface area contributed by atoms with Gasteiger partial charge in [0.15, 0.2) is 0 Å². The Kier molecular flexibility index (Phi) is 8.07. The zero-order chi connectivity index (χ0) is 25.5. The summed E-state index contributed by atoms with van der Waals surface area (Å²) in [7, 11) is 4.48. The maximum atomic E-state index is 12.6. The summed E-state index contributed by atoms with van der Waals surface area (Å²) in [5.41, 5.74) is 5.31. The monoisotopic (exact) mass is 489 g/mol. The second kappa shape index (κ2) is 11.2. The number of nitrogens with two attached hydrogens (primary N) is 1. The van der Waals surface area contributed by atoms with Crippen molar-refractivity contribution in [2.75, 3.05) is 44.6 Å². The molecule has 188 valence electrons. The van der Waals surface area contributed by atoms with Gasteiger partial charge in [0, 0.05) is 25.2 Å². The van der Waals surface area contributed by atoms with E-state index >= 15 is 0 Å². The molecule has 1 aliphatic rings. The number of methoxy groups -OCH3 is 3. The average Bonchev–Trinajstić information content (AvgIpc) is 3.35. The fourth-order valence-corrected chi connectivity index (χ4v) is 3.89. The summed E-state index contributed by atoms with van der Waals surface area (Å²) < 4.78 is 16.1. The lowest BCUT2D eigenvalue weighted by molar-refractivity contribution is -0.383. The molecule has 0 saturated carbocycles. The van der Waals surface area contributed by atoms with Crippen molar-refractivity contribution < 1.29 is 28.7 Å². The third-order valence-corrected chi connectivity index (χ3v) is 5.50. The van der Waals surface area contributed by atoms with E-state index in [2.05, 4.69) is 20.6 Å². The number of amides is 2. The first kappa shape index (κ1) is 25.3. The van der Waals surface area contributed by atoms with Gasteiger partial charge in [0.2, 0.25) is 23.5 Å². The molecule has 0 aliphatic carbocycles. The number of nitrogens with zero attached hydrogens (tertiary/aromatic N) is 4. The number of hydrogen-bond acceptors (Lipinski definition) is 11. The Balaban J connectivity index is 1.92. The predicted octanol–water partition coefficient (Wildman–Crippen LogP) is 0.593. The first-order valence-corrected chi connectivity index (χ1v) is 10.7. The number of primary amides is 1. The average molecular weight is 489 g/mol. The molecule has 1 aliphatic heterocycles. The maximum Gasteiger partial charge on any atom is 0.353 e.